The van der Waals surface area contributed by atoms with Crippen molar-refractivity contribution in [1.29, 1.82) is 0 Å². The molecule has 0 unspecified atom stereocenters. The van der Waals surface area contributed by atoms with E-state index in [2.05, 4.69) is 15.2 Å². The number of likely N-dealkylation sites (tertiary alicyclic amines) is 1. The molecule has 2 aromatic heterocycles. The summed E-state index contributed by atoms with van der Waals surface area (Å²) in [6.45, 7) is 4.33. The van der Waals surface area contributed by atoms with E-state index in [0.29, 0.717) is 20.7 Å². The number of carbonyl (C=O) groups is 1. The SMILES string of the molecule is Cc1c(C(=O)NC2CCN(Cc3ccc(F)cc3)CC2)sc2ncn(C)c(=O)c12. The Labute approximate surface area is 172 Å². The minimum Gasteiger partial charge on any atom is -0.349 e. The Morgan fingerprint density at radius 1 is 1.28 bits per heavy atom. The van der Waals surface area contributed by atoms with Crippen molar-refractivity contribution in [3.05, 3.63) is 62.8 Å². The number of nitrogens with one attached hydrogen (secondary N) is 1. The molecule has 0 bridgehead atoms. The Bertz CT molecular complexity index is 1100. The second-order valence-electron chi connectivity index (χ2n) is 7.55. The van der Waals surface area contributed by atoms with Gasteiger partial charge in [-0.15, -0.1) is 11.3 Å². The first-order chi connectivity index (χ1) is 13.9. The molecule has 0 radical (unpaired) electrons. The largest absolute Gasteiger partial charge is 0.349 e. The van der Waals surface area contributed by atoms with Crippen molar-refractivity contribution >= 4 is 27.5 Å². The third kappa shape index (κ3) is 4.09. The maximum atomic E-state index is 13.0. The molecule has 8 heteroatoms. The number of hydrogen-bond acceptors (Lipinski definition) is 5. The molecule has 1 amide bonds. The number of thiophene rings is 1. The summed E-state index contributed by atoms with van der Waals surface area (Å²) in [5.74, 6) is -0.357. The van der Waals surface area contributed by atoms with Crippen molar-refractivity contribution < 1.29 is 9.18 Å². The van der Waals surface area contributed by atoms with E-state index in [1.165, 1.54) is 34.4 Å². The first-order valence-electron chi connectivity index (χ1n) is 9.65. The molecule has 1 aliphatic heterocycles. The van der Waals surface area contributed by atoms with Gasteiger partial charge >= 0.3 is 0 Å². The molecular formula is C21H23FN4O2S. The van der Waals surface area contributed by atoms with Gasteiger partial charge in [0.1, 0.15) is 10.6 Å². The number of piperidine rings is 1. The normalized spacial score (nSPS) is 15.7. The summed E-state index contributed by atoms with van der Waals surface area (Å²) in [5, 5.41) is 3.65. The number of aryl methyl sites for hydroxylation is 2. The zero-order chi connectivity index (χ0) is 20.5. The Hall–Kier alpha value is -2.58. The van der Waals surface area contributed by atoms with Gasteiger partial charge in [-0.25, -0.2) is 9.37 Å². The van der Waals surface area contributed by atoms with Crippen LogP contribution < -0.4 is 10.9 Å². The third-order valence-corrected chi connectivity index (χ3v) is 6.66. The summed E-state index contributed by atoms with van der Waals surface area (Å²) in [6.07, 6.45) is 3.20. The Kier molecular flexibility index (Phi) is 5.47. The van der Waals surface area contributed by atoms with Crippen molar-refractivity contribution in [2.24, 2.45) is 7.05 Å². The lowest BCUT2D eigenvalue weighted by Gasteiger charge is -2.32. The summed E-state index contributed by atoms with van der Waals surface area (Å²) in [5.41, 5.74) is 1.66. The van der Waals surface area contributed by atoms with E-state index in [4.69, 9.17) is 0 Å². The predicted molar refractivity (Wildman–Crippen MR) is 112 cm³/mol. The summed E-state index contributed by atoms with van der Waals surface area (Å²) < 4.78 is 14.5. The smallest absolute Gasteiger partial charge is 0.262 e. The average Bonchev–Trinajstić information content (AvgIpc) is 3.05. The predicted octanol–water partition coefficient (Wildman–Crippen LogP) is 2.84. The molecule has 29 heavy (non-hydrogen) atoms. The second-order valence-corrected chi connectivity index (χ2v) is 8.55. The van der Waals surface area contributed by atoms with E-state index >= 15 is 0 Å². The maximum Gasteiger partial charge on any atom is 0.262 e. The molecular weight excluding hydrogens is 391 g/mol. The third-order valence-electron chi connectivity index (χ3n) is 5.46. The van der Waals surface area contributed by atoms with Crippen molar-refractivity contribution in [1.82, 2.24) is 19.8 Å². The fraction of sp³-hybridized carbons (Fsp3) is 0.381. The summed E-state index contributed by atoms with van der Waals surface area (Å²) in [6, 6.07) is 6.69. The fourth-order valence-corrected chi connectivity index (χ4v) is 4.80. The molecule has 3 aromatic rings. The molecule has 1 N–H and O–H groups in total. The van der Waals surface area contributed by atoms with E-state index in [-0.39, 0.29) is 23.3 Å². The summed E-state index contributed by atoms with van der Waals surface area (Å²) in [4.78, 5) is 32.9. The van der Waals surface area contributed by atoms with E-state index in [9.17, 15) is 14.0 Å². The van der Waals surface area contributed by atoms with Gasteiger partial charge in [0.15, 0.2) is 0 Å². The van der Waals surface area contributed by atoms with Crippen molar-refractivity contribution in [2.75, 3.05) is 13.1 Å². The van der Waals surface area contributed by atoms with Crippen LogP contribution in [-0.4, -0.2) is 39.5 Å². The number of benzene rings is 1. The Morgan fingerprint density at radius 3 is 2.66 bits per heavy atom. The van der Waals surface area contributed by atoms with Crippen LogP contribution in [0.5, 0.6) is 0 Å². The molecule has 3 heterocycles. The van der Waals surface area contributed by atoms with Crippen LogP contribution in [0.4, 0.5) is 4.39 Å². The number of nitrogens with zero attached hydrogens (tertiary/aromatic N) is 3. The Balaban J connectivity index is 1.38. The highest BCUT2D eigenvalue weighted by Gasteiger charge is 2.24. The molecule has 1 fully saturated rings. The van der Waals surface area contributed by atoms with Gasteiger partial charge in [-0.2, -0.15) is 0 Å². The highest BCUT2D eigenvalue weighted by Crippen LogP contribution is 2.27. The monoisotopic (exact) mass is 414 g/mol. The topological polar surface area (TPSA) is 67.2 Å². The van der Waals surface area contributed by atoms with E-state index in [1.54, 1.807) is 7.05 Å². The maximum absolute atomic E-state index is 13.0. The molecule has 0 atom stereocenters. The first kappa shape index (κ1) is 19.7. The minimum absolute atomic E-state index is 0.104. The second kappa shape index (κ2) is 8.04. The van der Waals surface area contributed by atoms with Crippen LogP contribution in [-0.2, 0) is 13.6 Å². The van der Waals surface area contributed by atoms with Gasteiger partial charge in [-0.05, 0) is 43.0 Å². The fourth-order valence-electron chi connectivity index (χ4n) is 3.76. The molecule has 152 valence electrons. The van der Waals surface area contributed by atoms with Gasteiger partial charge in [-0.3, -0.25) is 14.5 Å². The molecule has 0 aliphatic carbocycles. The number of carbonyl (C=O) groups excluding carboxylic acids is 1. The van der Waals surface area contributed by atoms with Gasteiger partial charge in [-0.1, -0.05) is 12.1 Å². The number of aromatic nitrogens is 2. The lowest BCUT2D eigenvalue weighted by Crippen LogP contribution is -2.44. The molecule has 4 rings (SSSR count). The highest BCUT2D eigenvalue weighted by molar-refractivity contribution is 7.20. The molecule has 1 aliphatic rings. The van der Waals surface area contributed by atoms with Gasteiger partial charge in [0.2, 0.25) is 0 Å². The molecule has 1 saturated heterocycles. The number of halogens is 1. The lowest BCUT2D eigenvalue weighted by atomic mass is 10.0. The summed E-state index contributed by atoms with van der Waals surface area (Å²) in [7, 11) is 1.66. The van der Waals surface area contributed by atoms with Gasteiger partial charge < -0.3 is 9.88 Å². The van der Waals surface area contributed by atoms with Crippen LogP contribution >= 0.6 is 11.3 Å². The molecule has 1 aromatic carbocycles. The molecule has 0 saturated carbocycles. The number of fused-ring (bicyclic) bond motifs is 1. The van der Waals surface area contributed by atoms with Crippen LogP contribution in [0.1, 0.15) is 33.6 Å². The van der Waals surface area contributed by atoms with Crippen molar-refractivity contribution in [2.45, 2.75) is 32.4 Å². The number of amides is 1. The van der Waals surface area contributed by atoms with Gasteiger partial charge in [0.05, 0.1) is 16.6 Å². The summed E-state index contributed by atoms with van der Waals surface area (Å²) >= 11 is 1.27. The van der Waals surface area contributed by atoms with E-state index in [0.717, 1.165) is 38.0 Å². The number of hydrogen-bond donors (Lipinski definition) is 1. The van der Waals surface area contributed by atoms with E-state index < -0.39 is 0 Å². The van der Waals surface area contributed by atoms with Gasteiger partial charge in [0, 0.05) is 32.7 Å². The number of rotatable bonds is 4. The highest BCUT2D eigenvalue weighted by atomic mass is 32.1. The molecule has 0 spiro atoms. The zero-order valence-corrected chi connectivity index (χ0v) is 17.3. The van der Waals surface area contributed by atoms with Crippen LogP contribution in [0, 0.1) is 12.7 Å². The van der Waals surface area contributed by atoms with Gasteiger partial charge in [0.25, 0.3) is 11.5 Å². The van der Waals surface area contributed by atoms with Crippen molar-refractivity contribution in [3.63, 3.8) is 0 Å². The standard InChI is InChI=1S/C21H23FN4O2S/c1-13-17-20(23-12-25(2)21(17)28)29-18(13)19(27)24-16-7-9-26(10-8-16)11-14-3-5-15(22)6-4-14/h3-6,12,16H,7-11H2,1-2H3,(H,24,27). The lowest BCUT2D eigenvalue weighted by molar-refractivity contribution is 0.0912. The Morgan fingerprint density at radius 2 is 1.97 bits per heavy atom. The average molecular weight is 415 g/mol. The zero-order valence-electron chi connectivity index (χ0n) is 16.4. The van der Waals surface area contributed by atoms with Crippen LogP contribution in [0.3, 0.4) is 0 Å². The first-order valence-corrected chi connectivity index (χ1v) is 10.5. The molecule has 6 nitrogen and oxygen atoms in total. The van der Waals surface area contributed by atoms with Crippen LogP contribution in [0.2, 0.25) is 0 Å². The van der Waals surface area contributed by atoms with Crippen LogP contribution in [0.25, 0.3) is 10.2 Å². The van der Waals surface area contributed by atoms with Crippen molar-refractivity contribution in [3.8, 4) is 0 Å². The quantitative estimate of drug-likeness (QED) is 0.713. The van der Waals surface area contributed by atoms with Crippen LogP contribution in [0.15, 0.2) is 35.4 Å². The minimum atomic E-state index is -0.222. The van der Waals surface area contributed by atoms with E-state index in [1.807, 2.05) is 19.1 Å².